The quantitative estimate of drug-likeness (QED) is 0.442. The zero-order valence-corrected chi connectivity index (χ0v) is 11.1. The molecule has 1 aromatic carbocycles. The maximum absolute atomic E-state index is 11.7. The zero-order valence-electron chi connectivity index (χ0n) is 9.51. The minimum Gasteiger partial charge on any atom is -0.465 e. The summed E-state index contributed by atoms with van der Waals surface area (Å²) >= 11 is 3.16. The fraction of sp³-hybridized carbons (Fsp3) is 0.417. The van der Waals surface area contributed by atoms with Gasteiger partial charge < -0.3 is 4.74 Å². The topological polar surface area (TPSA) is 26.3 Å². The molecular formula is C12H16O2S2. The van der Waals surface area contributed by atoms with E-state index in [9.17, 15) is 4.79 Å². The normalized spacial score (nSPS) is 12.1. The molecule has 0 aliphatic rings. The molecular weight excluding hydrogens is 240 g/mol. The monoisotopic (exact) mass is 256 g/mol. The van der Waals surface area contributed by atoms with Gasteiger partial charge in [-0.3, -0.25) is 0 Å². The van der Waals surface area contributed by atoms with Crippen molar-refractivity contribution in [2.24, 2.45) is 0 Å². The zero-order chi connectivity index (χ0) is 11.8. The summed E-state index contributed by atoms with van der Waals surface area (Å²) < 4.78 is 4.89. The summed E-state index contributed by atoms with van der Waals surface area (Å²) in [5, 5.41) is 0. The van der Waals surface area contributed by atoms with Crippen LogP contribution in [0.2, 0.25) is 0 Å². The number of carbonyl (C=O) groups is 1. The van der Waals surface area contributed by atoms with Crippen molar-refractivity contribution < 1.29 is 9.53 Å². The van der Waals surface area contributed by atoms with Crippen molar-refractivity contribution in [2.45, 2.75) is 23.3 Å². The molecule has 1 aromatic rings. The van der Waals surface area contributed by atoms with Crippen LogP contribution >= 0.6 is 23.5 Å². The number of carbonyl (C=O) groups excluding carboxylic acids is 1. The van der Waals surface area contributed by atoms with Crippen molar-refractivity contribution >= 4 is 29.5 Å². The highest BCUT2D eigenvalue weighted by molar-refractivity contribution is 8.18. The van der Waals surface area contributed by atoms with Crippen LogP contribution in [-0.4, -0.2) is 22.9 Å². The Balaban J connectivity index is 2.60. The van der Waals surface area contributed by atoms with Crippen molar-refractivity contribution in [3.8, 4) is 0 Å². The van der Waals surface area contributed by atoms with Crippen LogP contribution in [0.1, 0.15) is 13.8 Å². The van der Waals surface area contributed by atoms with Gasteiger partial charge in [0.05, 0.1) is 6.61 Å². The molecule has 0 spiro atoms. The molecule has 88 valence electrons. The number of esters is 1. The van der Waals surface area contributed by atoms with Gasteiger partial charge in [0.25, 0.3) is 0 Å². The SMILES string of the molecule is CCOC(=O)C(SCC)Sc1ccccc1. The van der Waals surface area contributed by atoms with E-state index >= 15 is 0 Å². The van der Waals surface area contributed by atoms with Crippen LogP contribution in [0.3, 0.4) is 0 Å². The fourth-order valence-corrected chi connectivity index (χ4v) is 3.38. The van der Waals surface area contributed by atoms with E-state index in [-0.39, 0.29) is 10.6 Å². The largest absolute Gasteiger partial charge is 0.465 e. The molecule has 2 nitrogen and oxygen atoms in total. The van der Waals surface area contributed by atoms with E-state index in [1.165, 1.54) is 0 Å². The van der Waals surface area contributed by atoms with Gasteiger partial charge in [0, 0.05) is 4.90 Å². The van der Waals surface area contributed by atoms with Crippen LogP contribution < -0.4 is 0 Å². The van der Waals surface area contributed by atoms with Crippen molar-refractivity contribution in [2.75, 3.05) is 12.4 Å². The van der Waals surface area contributed by atoms with Gasteiger partial charge in [0.1, 0.15) is 0 Å². The molecule has 0 bridgehead atoms. The van der Waals surface area contributed by atoms with Gasteiger partial charge in [-0.05, 0) is 24.8 Å². The molecule has 0 N–H and O–H groups in total. The number of hydrogen-bond donors (Lipinski definition) is 0. The van der Waals surface area contributed by atoms with Crippen LogP contribution in [0.25, 0.3) is 0 Å². The van der Waals surface area contributed by atoms with Gasteiger partial charge in [-0.1, -0.05) is 36.9 Å². The second-order valence-corrected chi connectivity index (χ2v) is 5.83. The third-order valence-corrected chi connectivity index (χ3v) is 4.26. The summed E-state index contributed by atoms with van der Waals surface area (Å²) in [5.74, 6) is 0.770. The summed E-state index contributed by atoms with van der Waals surface area (Å²) in [7, 11) is 0. The highest BCUT2D eigenvalue weighted by Gasteiger charge is 2.20. The molecule has 0 aromatic heterocycles. The lowest BCUT2D eigenvalue weighted by molar-refractivity contribution is -0.140. The van der Waals surface area contributed by atoms with Crippen molar-refractivity contribution in [3.63, 3.8) is 0 Å². The Hall–Kier alpha value is -0.610. The number of thioether (sulfide) groups is 2. The Morgan fingerprint density at radius 3 is 2.56 bits per heavy atom. The summed E-state index contributed by atoms with van der Waals surface area (Å²) in [6, 6.07) is 9.93. The Morgan fingerprint density at radius 1 is 1.31 bits per heavy atom. The molecule has 0 heterocycles. The Kier molecular flexibility index (Phi) is 6.42. The van der Waals surface area contributed by atoms with Crippen molar-refractivity contribution in [1.82, 2.24) is 0 Å². The van der Waals surface area contributed by atoms with Gasteiger partial charge >= 0.3 is 5.97 Å². The average molecular weight is 256 g/mol. The molecule has 1 atom stereocenters. The molecule has 0 radical (unpaired) electrons. The van der Waals surface area contributed by atoms with Crippen LogP contribution in [0.4, 0.5) is 0 Å². The van der Waals surface area contributed by atoms with E-state index in [4.69, 9.17) is 4.74 Å². The molecule has 16 heavy (non-hydrogen) atoms. The summed E-state index contributed by atoms with van der Waals surface area (Å²) in [6.07, 6.45) is 0. The van der Waals surface area contributed by atoms with Gasteiger partial charge in [-0.15, -0.1) is 11.8 Å². The van der Waals surface area contributed by atoms with E-state index in [0.717, 1.165) is 10.6 Å². The van der Waals surface area contributed by atoms with E-state index in [1.807, 2.05) is 44.2 Å². The molecule has 0 amide bonds. The van der Waals surface area contributed by atoms with Gasteiger partial charge in [-0.25, -0.2) is 4.79 Å². The molecule has 1 unspecified atom stereocenters. The first-order valence-corrected chi connectivity index (χ1v) is 7.20. The lowest BCUT2D eigenvalue weighted by atomic mass is 10.4. The Labute approximate surface area is 105 Å². The Morgan fingerprint density at radius 2 is 2.00 bits per heavy atom. The van der Waals surface area contributed by atoms with Gasteiger partial charge in [0.2, 0.25) is 0 Å². The maximum Gasteiger partial charge on any atom is 0.329 e. The van der Waals surface area contributed by atoms with E-state index in [2.05, 4.69) is 0 Å². The minimum atomic E-state index is -0.160. The Bertz CT molecular complexity index is 314. The molecule has 0 aliphatic carbocycles. The number of ether oxygens (including phenoxy) is 1. The predicted molar refractivity (Wildman–Crippen MR) is 70.9 cm³/mol. The van der Waals surface area contributed by atoms with E-state index in [0.29, 0.717) is 6.61 Å². The molecule has 0 saturated heterocycles. The molecule has 4 heteroatoms. The van der Waals surface area contributed by atoms with Crippen molar-refractivity contribution in [1.29, 1.82) is 0 Å². The first-order chi connectivity index (χ1) is 7.77. The molecule has 1 rings (SSSR count). The lowest BCUT2D eigenvalue weighted by Crippen LogP contribution is -2.17. The first kappa shape index (κ1) is 13.5. The predicted octanol–water partition coefficient (Wildman–Crippen LogP) is 3.42. The molecule has 0 saturated carbocycles. The average Bonchev–Trinajstić information content (AvgIpc) is 2.30. The standard InChI is InChI=1S/C12H16O2S2/c1-3-14-11(13)12(15-4-2)16-10-8-6-5-7-9-10/h5-9,12H,3-4H2,1-2H3. The van der Waals surface area contributed by atoms with Crippen molar-refractivity contribution in [3.05, 3.63) is 30.3 Å². The van der Waals surface area contributed by atoms with Gasteiger partial charge in [-0.2, -0.15) is 0 Å². The van der Waals surface area contributed by atoms with Gasteiger partial charge in [0.15, 0.2) is 4.58 Å². The summed E-state index contributed by atoms with van der Waals surface area (Å²) in [4.78, 5) is 12.8. The third-order valence-electron chi connectivity index (χ3n) is 1.78. The number of benzene rings is 1. The van der Waals surface area contributed by atoms with E-state index < -0.39 is 0 Å². The summed E-state index contributed by atoms with van der Waals surface area (Å²) in [6.45, 7) is 4.32. The molecule has 0 aliphatic heterocycles. The maximum atomic E-state index is 11.7. The number of hydrogen-bond acceptors (Lipinski definition) is 4. The van der Waals surface area contributed by atoms with Crippen LogP contribution in [0.15, 0.2) is 35.2 Å². The summed E-state index contributed by atoms with van der Waals surface area (Å²) in [5.41, 5.74) is 0. The van der Waals surface area contributed by atoms with E-state index in [1.54, 1.807) is 23.5 Å². The second-order valence-electron chi connectivity index (χ2n) is 2.97. The lowest BCUT2D eigenvalue weighted by Gasteiger charge is -2.13. The first-order valence-electron chi connectivity index (χ1n) is 5.27. The highest BCUT2D eigenvalue weighted by Crippen LogP contribution is 2.31. The molecule has 0 fully saturated rings. The highest BCUT2D eigenvalue weighted by atomic mass is 32.2. The minimum absolute atomic E-state index is 0.136. The fourth-order valence-electron chi connectivity index (χ4n) is 1.13. The van der Waals surface area contributed by atoms with Crippen LogP contribution in [0.5, 0.6) is 0 Å². The second kappa shape index (κ2) is 7.63. The number of rotatable bonds is 6. The van der Waals surface area contributed by atoms with Crippen LogP contribution in [0, 0.1) is 0 Å². The smallest absolute Gasteiger partial charge is 0.329 e. The van der Waals surface area contributed by atoms with Crippen LogP contribution in [-0.2, 0) is 9.53 Å². The third kappa shape index (κ3) is 4.49.